The molecule has 4 rings (SSSR count). The summed E-state index contributed by atoms with van der Waals surface area (Å²) >= 11 is 1.82. The molecular formula is C21H27N3O3S. The van der Waals surface area contributed by atoms with Crippen LogP contribution in [-0.4, -0.2) is 54.2 Å². The highest BCUT2D eigenvalue weighted by Gasteiger charge is 2.25. The maximum absolute atomic E-state index is 11.3. The molecule has 2 fully saturated rings. The number of hydrogen-bond donors (Lipinski definition) is 1. The van der Waals surface area contributed by atoms with E-state index in [1.165, 1.54) is 22.9 Å². The van der Waals surface area contributed by atoms with Gasteiger partial charge in [-0.15, -0.1) is 11.3 Å². The molecule has 0 spiro atoms. The molecule has 7 heteroatoms. The number of hydrogen-bond acceptors (Lipinski definition) is 6. The van der Waals surface area contributed by atoms with E-state index >= 15 is 0 Å². The lowest BCUT2D eigenvalue weighted by molar-refractivity contribution is 0.0696. The maximum atomic E-state index is 11.3. The number of likely N-dealkylation sites (tertiary alicyclic amines) is 1. The molecule has 1 aromatic heterocycles. The Morgan fingerprint density at radius 1 is 1.32 bits per heavy atom. The van der Waals surface area contributed by atoms with Gasteiger partial charge in [-0.2, -0.15) is 0 Å². The van der Waals surface area contributed by atoms with Gasteiger partial charge in [0.05, 0.1) is 12.7 Å². The highest BCUT2D eigenvalue weighted by atomic mass is 32.1. The predicted molar refractivity (Wildman–Crippen MR) is 111 cm³/mol. The maximum Gasteiger partial charge on any atom is 0.335 e. The molecule has 2 aromatic rings. The van der Waals surface area contributed by atoms with E-state index in [4.69, 9.17) is 4.74 Å². The number of thiazole rings is 1. The third-order valence-electron chi connectivity index (χ3n) is 5.70. The van der Waals surface area contributed by atoms with Crippen molar-refractivity contribution in [2.75, 3.05) is 38.2 Å². The zero-order valence-corrected chi connectivity index (χ0v) is 17.1. The summed E-state index contributed by atoms with van der Waals surface area (Å²) < 4.78 is 5.45. The van der Waals surface area contributed by atoms with Crippen molar-refractivity contribution in [3.63, 3.8) is 0 Å². The second kappa shape index (κ2) is 8.49. The van der Waals surface area contributed by atoms with Gasteiger partial charge >= 0.3 is 5.97 Å². The smallest absolute Gasteiger partial charge is 0.335 e. The molecule has 0 bridgehead atoms. The van der Waals surface area contributed by atoms with Gasteiger partial charge in [-0.25, -0.2) is 9.78 Å². The van der Waals surface area contributed by atoms with E-state index in [1.54, 1.807) is 25.3 Å². The van der Waals surface area contributed by atoms with Crippen molar-refractivity contribution in [1.29, 1.82) is 0 Å². The molecule has 1 unspecified atom stereocenters. The van der Waals surface area contributed by atoms with Gasteiger partial charge < -0.3 is 14.7 Å². The Labute approximate surface area is 169 Å². The molecule has 0 saturated carbocycles. The molecule has 3 heterocycles. The van der Waals surface area contributed by atoms with E-state index in [0.717, 1.165) is 56.9 Å². The van der Waals surface area contributed by atoms with Crippen LogP contribution in [0.1, 0.15) is 40.1 Å². The van der Waals surface area contributed by atoms with Crippen LogP contribution in [0.4, 0.5) is 5.13 Å². The SMILES string of the molecule is COc1ccc(C(=O)O)cc1CC1CCN(Cc2cnc(N3CCCC3)s2)C1. The Balaban J connectivity index is 1.35. The first-order valence-corrected chi connectivity index (χ1v) is 10.8. The van der Waals surface area contributed by atoms with Crippen molar-refractivity contribution in [2.24, 2.45) is 5.92 Å². The number of benzene rings is 1. The number of aromatic carboxylic acids is 1. The molecule has 1 N–H and O–H groups in total. The summed E-state index contributed by atoms with van der Waals surface area (Å²) in [5.41, 5.74) is 1.31. The topological polar surface area (TPSA) is 65.9 Å². The third-order valence-corrected chi connectivity index (χ3v) is 6.75. The number of rotatable bonds is 7. The average Bonchev–Trinajstić information content (AvgIpc) is 3.43. The van der Waals surface area contributed by atoms with Gasteiger partial charge in [0.1, 0.15) is 5.75 Å². The Bertz CT molecular complexity index is 832. The van der Waals surface area contributed by atoms with E-state index in [0.29, 0.717) is 11.5 Å². The molecule has 1 aromatic carbocycles. The van der Waals surface area contributed by atoms with Crippen molar-refractivity contribution in [3.05, 3.63) is 40.4 Å². The zero-order valence-electron chi connectivity index (χ0n) is 16.3. The molecule has 0 amide bonds. The molecule has 150 valence electrons. The van der Waals surface area contributed by atoms with Crippen LogP contribution in [0.2, 0.25) is 0 Å². The number of aromatic nitrogens is 1. The highest BCUT2D eigenvalue weighted by Crippen LogP contribution is 2.30. The number of carboxylic acid groups (broad SMARTS) is 1. The number of carboxylic acids is 1. The summed E-state index contributed by atoms with van der Waals surface area (Å²) in [7, 11) is 1.64. The minimum Gasteiger partial charge on any atom is -0.496 e. The van der Waals surface area contributed by atoms with E-state index in [1.807, 2.05) is 17.5 Å². The fraction of sp³-hybridized carbons (Fsp3) is 0.524. The molecular weight excluding hydrogens is 374 g/mol. The van der Waals surface area contributed by atoms with Crippen LogP contribution in [0.5, 0.6) is 5.75 Å². The summed E-state index contributed by atoms with van der Waals surface area (Å²) in [4.78, 5) is 22.1. The van der Waals surface area contributed by atoms with E-state index < -0.39 is 5.97 Å². The minimum absolute atomic E-state index is 0.324. The second-order valence-electron chi connectivity index (χ2n) is 7.73. The van der Waals surface area contributed by atoms with Crippen molar-refractivity contribution in [2.45, 2.75) is 32.2 Å². The second-order valence-corrected chi connectivity index (χ2v) is 8.82. The number of carbonyl (C=O) groups is 1. The summed E-state index contributed by atoms with van der Waals surface area (Å²) in [6.45, 7) is 5.32. The Morgan fingerprint density at radius 3 is 2.89 bits per heavy atom. The molecule has 0 radical (unpaired) electrons. The van der Waals surface area contributed by atoms with Gasteiger partial charge in [0.15, 0.2) is 5.13 Å². The number of anilines is 1. The number of methoxy groups -OCH3 is 1. The monoisotopic (exact) mass is 401 g/mol. The van der Waals surface area contributed by atoms with Gasteiger partial charge in [-0.3, -0.25) is 4.90 Å². The molecule has 1 atom stereocenters. The van der Waals surface area contributed by atoms with Gasteiger partial charge in [-0.1, -0.05) is 0 Å². The van der Waals surface area contributed by atoms with E-state index in [9.17, 15) is 9.90 Å². The molecule has 2 saturated heterocycles. The van der Waals surface area contributed by atoms with Gasteiger partial charge in [0.2, 0.25) is 0 Å². The fourth-order valence-corrected chi connectivity index (χ4v) is 5.25. The molecule has 2 aliphatic heterocycles. The third kappa shape index (κ3) is 4.31. The van der Waals surface area contributed by atoms with E-state index in [-0.39, 0.29) is 0 Å². The fourth-order valence-electron chi connectivity index (χ4n) is 4.25. The van der Waals surface area contributed by atoms with Crippen LogP contribution in [0.3, 0.4) is 0 Å². The Kier molecular flexibility index (Phi) is 5.82. The predicted octanol–water partition coefficient (Wildman–Crippen LogP) is 3.51. The van der Waals surface area contributed by atoms with Crippen LogP contribution in [0, 0.1) is 5.92 Å². The molecule has 6 nitrogen and oxygen atoms in total. The summed E-state index contributed by atoms with van der Waals surface area (Å²) in [6, 6.07) is 5.13. The van der Waals surface area contributed by atoms with Crippen molar-refractivity contribution >= 4 is 22.4 Å². The van der Waals surface area contributed by atoms with Crippen molar-refractivity contribution < 1.29 is 14.6 Å². The highest BCUT2D eigenvalue weighted by molar-refractivity contribution is 7.15. The lowest BCUT2D eigenvalue weighted by Crippen LogP contribution is -2.20. The quantitative estimate of drug-likeness (QED) is 0.766. The van der Waals surface area contributed by atoms with Crippen LogP contribution in [-0.2, 0) is 13.0 Å². The van der Waals surface area contributed by atoms with E-state index in [2.05, 4.69) is 14.8 Å². The van der Waals surface area contributed by atoms with Gasteiger partial charge in [-0.05, 0) is 61.9 Å². The van der Waals surface area contributed by atoms with Crippen LogP contribution < -0.4 is 9.64 Å². The Hall–Kier alpha value is -2.12. The first-order valence-electron chi connectivity index (χ1n) is 9.94. The number of nitrogens with zero attached hydrogens (tertiary/aromatic N) is 3. The molecule has 28 heavy (non-hydrogen) atoms. The lowest BCUT2D eigenvalue weighted by atomic mass is 9.96. The largest absolute Gasteiger partial charge is 0.496 e. The average molecular weight is 402 g/mol. The lowest BCUT2D eigenvalue weighted by Gasteiger charge is -2.16. The normalized spacial score (nSPS) is 20.0. The number of ether oxygens (including phenoxy) is 1. The van der Waals surface area contributed by atoms with Gasteiger partial charge in [0.25, 0.3) is 0 Å². The Morgan fingerprint density at radius 2 is 2.14 bits per heavy atom. The van der Waals surface area contributed by atoms with Gasteiger partial charge in [0, 0.05) is 37.3 Å². The summed E-state index contributed by atoms with van der Waals surface area (Å²) in [5, 5.41) is 10.4. The van der Waals surface area contributed by atoms with Crippen LogP contribution in [0.15, 0.2) is 24.4 Å². The standard InChI is InChI=1S/C21H27N3O3S/c1-27-19-5-4-16(20(25)26)11-17(19)10-15-6-9-23(13-15)14-18-12-22-21(28-18)24-7-2-3-8-24/h4-5,11-12,15H,2-3,6-10,13-14H2,1H3,(H,25,26). The van der Waals surface area contributed by atoms with Crippen LogP contribution >= 0.6 is 11.3 Å². The minimum atomic E-state index is -0.893. The molecule has 2 aliphatic rings. The summed E-state index contributed by atoms with van der Waals surface area (Å²) in [6.07, 6.45) is 6.55. The first-order chi connectivity index (χ1) is 13.6. The zero-order chi connectivity index (χ0) is 19.5. The van der Waals surface area contributed by atoms with Crippen molar-refractivity contribution in [1.82, 2.24) is 9.88 Å². The summed E-state index contributed by atoms with van der Waals surface area (Å²) in [5.74, 6) is 0.404. The van der Waals surface area contributed by atoms with Crippen molar-refractivity contribution in [3.8, 4) is 5.75 Å². The first kappa shape index (κ1) is 19.2. The molecule has 0 aliphatic carbocycles. The van der Waals surface area contributed by atoms with Crippen LogP contribution in [0.25, 0.3) is 0 Å².